The van der Waals surface area contributed by atoms with Gasteiger partial charge in [-0.1, -0.05) is 0 Å². The van der Waals surface area contributed by atoms with Crippen LogP contribution in [-0.2, 0) is 6.54 Å². The van der Waals surface area contributed by atoms with Crippen molar-refractivity contribution in [2.24, 2.45) is 0 Å². The molecule has 4 heteroatoms. The Morgan fingerprint density at radius 2 is 2.50 bits per heavy atom. The van der Waals surface area contributed by atoms with Gasteiger partial charge in [-0.3, -0.25) is 4.98 Å². The molecule has 1 heterocycles. The Morgan fingerprint density at radius 1 is 1.75 bits per heavy atom. The van der Waals surface area contributed by atoms with E-state index in [1.807, 2.05) is 6.92 Å². The monoisotopic (exact) mass is 166 g/mol. The summed E-state index contributed by atoms with van der Waals surface area (Å²) in [6.07, 6.45) is 2.34. The highest BCUT2D eigenvalue weighted by Gasteiger charge is 1.98. The van der Waals surface area contributed by atoms with E-state index in [-0.39, 0.29) is 0 Å². The largest absolute Gasteiger partial charge is 0.465 e. The molecule has 2 N–H and O–H groups in total. The molecule has 0 aliphatic rings. The molecule has 0 atom stereocenters. The van der Waals surface area contributed by atoms with Gasteiger partial charge in [0.05, 0.1) is 0 Å². The average molecular weight is 166 g/mol. The third kappa shape index (κ3) is 2.23. The number of nitrogens with zero attached hydrogens (tertiary/aromatic N) is 1. The zero-order valence-corrected chi connectivity index (χ0v) is 6.74. The maximum atomic E-state index is 10.2. The lowest BCUT2D eigenvalue weighted by atomic mass is 10.2. The predicted molar refractivity (Wildman–Crippen MR) is 43.8 cm³/mol. The van der Waals surface area contributed by atoms with Crippen molar-refractivity contribution in [3.05, 3.63) is 29.6 Å². The molecule has 0 saturated heterocycles. The molecule has 0 spiro atoms. The van der Waals surface area contributed by atoms with Gasteiger partial charge in [0, 0.05) is 18.9 Å². The summed E-state index contributed by atoms with van der Waals surface area (Å²) in [6.45, 7) is 2.23. The molecule has 1 aromatic rings. The van der Waals surface area contributed by atoms with Gasteiger partial charge in [0.15, 0.2) is 0 Å². The van der Waals surface area contributed by atoms with Gasteiger partial charge in [-0.15, -0.1) is 0 Å². The van der Waals surface area contributed by atoms with Crippen LogP contribution in [0.2, 0.25) is 0 Å². The summed E-state index contributed by atoms with van der Waals surface area (Å²) in [5.41, 5.74) is 1.94. The summed E-state index contributed by atoms with van der Waals surface area (Å²) in [5.74, 6) is 0. The van der Waals surface area contributed by atoms with E-state index >= 15 is 0 Å². The summed E-state index contributed by atoms with van der Waals surface area (Å²) < 4.78 is 0. The number of rotatable bonds is 2. The van der Waals surface area contributed by atoms with Crippen molar-refractivity contribution < 1.29 is 9.90 Å². The quantitative estimate of drug-likeness (QED) is 0.692. The number of carboxylic acid groups (broad SMARTS) is 1. The maximum absolute atomic E-state index is 10.2. The first kappa shape index (κ1) is 8.52. The molecule has 0 saturated carbocycles. The molecule has 0 bridgehead atoms. The number of carbonyl (C=O) groups is 1. The minimum Gasteiger partial charge on any atom is -0.465 e. The zero-order chi connectivity index (χ0) is 8.97. The van der Waals surface area contributed by atoms with Gasteiger partial charge in [0.1, 0.15) is 0 Å². The third-order valence-electron chi connectivity index (χ3n) is 1.57. The molecular formula is C8H10N2O2. The fourth-order valence-corrected chi connectivity index (χ4v) is 0.871. The Labute approximate surface area is 70.3 Å². The van der Waals surface area contributed by atoms with E-state index in [0.717, 1.165) is 11.1 Å². The van der Waals surface area contributed by atoms with Gasteiger partial charge in [-0.2, -0.15) is 0 Å². The average Bonchev–Trinajstić information content (AvgIpc) is 2.03. The van der Waals surface area contributed by atoms with Crippen LogP contribution in [0, 0.1) is 6.92 Å². The second-order valence-electron chi connectivity index (χ2n) is 2.46. The Kier molecular flexibility index (Phi) is 2.63. The van der Waals surface area contributed by atoms with Crippen LogP contribution in [0.3, 0.4) is 0 Å². The van der Waals surface area contributed by atoms with Gasteiger partial charge >= 0.3 is 6.09 Å². The van der Waals surface area contributed by atoms with Crippen molar-refractivity contribution in [3.8, 4) is 0 Å². The van der Waals surface area contributed by atoms with Crippen LogP contribution >= 0.6 is 0 Å². The first-order chi connectivity index (χ1) is 5.70. The predicted octanol–water partition coefficient (Wildman–Crippen LogP) is 1.16. The van der Waals surface area contributed by atoms with Crippen molar-refractivity contribution in [1.82, 2.24) is 10.3 Å². The Hall–Kier alpha value is -1.58. The number of aryl methyl sites for hydroxylation is 1. The Morgan fingerprint density at radius 3 is 3.08 bits per heavy atom. The maximum Gasteiger partial charge on any atom is 0.404 e. The molecule has 64 valence electrons. The van der Waals surface area contributed by atoms with E-state index in [1.54, 1.807) is 18.5 Å². The van der Waals surface area contributed by atoms with Crippen LogP contribution in [0.15, 0.2) is 18.5 Å². The van der Waals surface area contributed by atoms with Crippen molar-refractivity contribution in [3.63, 3.8) is 0 Å². The zero-order valence-electron chi connectivity index (χ0n) is 6.74. The second-order valence-corrected chi connectivity index (χ2v) is 2.46. The van der Waals surface area contributed by atoms with Crippen LogP contribution in [0.4, 0.5) is 4.79 Å². The van der Waals surface area contributed by atoms with Gasteiger partial charge in [0.25, 0.3) is 0 Å². The van der Waals surface area contributed by atoms with Gasteiger partial charge in [-0.05, 0) is 24.1 Å². The highest BCUT2D eigenvalue weighted by atomic mass is 16.4. The number of nitrogens with one attached hydrogen (secondary N) is 1. The smallest absolute Gasteiger partial charge is 0.404 e. The van der Waals surface area contributed by atoms with Crippen LogP contribution in [-0.4, -0.2) is 16.2 Å². The lowest BCUT2D eigenvalue weighted by molar-refractivity contribution is 0.194. The fourth-order valence-electron chi connectivity index (χ4n) is 0.871. The molecule has 12 heavy (non-hydrogen) atoms. The standard InChI is InChI=1S/C8H10N2O2/c1-6-4-9-3-2-7(6)5-10-8(11)12/h2-4,10H,5H2,1H3,(H,11,12). The summed E-state index contributed by atoms with van der Waals surface area (Å²) in [6, 6.07) is 1.80. The summed E-state index contributed by atoms with van der Waals surface area (Å²) in [4.78, 5) is 14.1. The lowest BCUT2D eigenvalue weighted by Gasteiger charge is -2.03. The molecule has 0 unspecified atom stereocenters. The highest BCUT2D eigenvalue weighted by Crippen LogP contribution is 2.03. The molecule has 0 aliphatic carbocycles. The van der Waals surface area contributed by atoms with E-state index < -0.39 is 6.09 Å². The fraction of sp³-hybridized carbons (Fsp3) is 0.250. The highest BCUT2D eigenvalue weighted by molar-refractivity contribution is 5.64. The van der Waals surface area contributed by atoms with E-state index in [1.165, 1.54) is 0 Å². The SMILES string of the molecule is Cc1cnccc1CNC(=O)O. The van der Waals surface area contributed by atoms with Crippen molar-refractivity contribution in [2.75, 3.05) is 0 Å². The van der Waals surface area contributed by atoms with Gasteiger partial charge in [-0.25, -0.2) is 4.79 Å². The summed E-state index contributed by atoms with van der Waals surface area (Å²) >= 11 is 0. The Balaban J connectivity index is 2.63. The first-order valence-corrected chi connectivity index (χ1v) is 3.56. The van der Waals surface area contributed by atoms with Crippen molar-refractivity contribution >= 4 is 6.09 Å². The van der Waals surface area contributed by atoms with Gasteiger partial charge in [0.2, 0.25) is 0 Å². The van der Waals surface area contributed by atoms with Crippen molar-refractivity contribution in [2.45, 2.75) is 13.5 Å². The molecule has 1 aromatic heterocycles. The third-order valence-corrected chi connectivity index (χ3v) is 1.57. The molecule has 1 amide bonds. The van der Waals surface area contributed by atoms with Crippen molar-refractivity contribution in [1.29, 1.82) is 0 Å². The van der Waals surface area contributed by atoms with Crippen LogP contribution in [0.25, 0.3) is 0 Å². The molecule has 0 radical (unpaired) electrons. The molecule has 0 aliphatic heterocycles. The van der Waals surface area contributed by atoms with E-state index in [9.17, 15) is 4.79 Å². The number of hydrogen-bond acceptors (Lipinski definition) is 2. The second kappa shape index (κ2) is 3.71. The van der Waals surface area contributed by atoms with Crippen LogP contribution in [0.1, 0.15) is 11.1 Å². The number of hydrogen-bond donors (Lipinski definition) is 2. The van der Waals surface area contributed by atoms with Crippen LogP contribution in [0.5, 0.6) is 0 Å². The molecule has 1 rings (SSSR count). The van der Waals surface area contributed by atoms with E-state index in [2.05, 4.69) is 10.3 Å². The molecule has 4 nitrogen and oxygen atoms in total. The number of amides is 1. The minimum absolute atomic E-state index is 0.337. The first-order valence-electron chi connectivity index (χ1n) is 3.56. The molecule has 0 aromatic carbocycles. The summed E-state index contributed by atoms with van der Waals surface area (Å²) in [5, 5.41) is 10.6. The van der Waals surface area contributed by atoms with E-state index in [4.69, 9.17) is 5.11 Å². The van der Waals surface area contributed by atoms with E-state index in [0.29, 0.717) is 6.54 Å². The Bertz CT molecular complexity index is 286. The topological polar surface area (TPSA) is 62.2 Å². The van der Waals surface area contributed by atoms with Gasteiger partial charge < -0.3 is 10.4 Å². The molecular weight excluding hydrogens is 156 g/mol. The van der Waals surface area contributed by atoms with Crippen LogP contribution < -0.4 is 5.32 Å². The lowest BCUT2D eigenvalue weighted by Crippen LogP contribution is -2.20. The summed E-state index contributed by atoms with van der Waals surface area (Å²) in [7, 11) is 0. The number of pyridine rings is 1. The number of aromatic nitrogens is 1. The normalized spacial score (nSPS) is 9.42. The molecule has 0 fully saturated rings. The minimum atomic E-state index is -1.01.